The van der Waals surface area contributed by atoms with E-state index in [1.54, 1.807) is 0 Å². The molecule has 1 saturated heterocycles. The number of carbonyl (C=O) groups is 2. The number of hydrogen-bond acceptors (Lipinski definition) is 3. The number of carbonyl (C=O) groups excluding carboxylic acids is 1. The topological polar surface area (TPSA) is 78.9 Å². The normalized spacial score (nSPS) is 19.4. The Morgan fingerprint density at radius 3 is 2.55 bits per heavy atom. The van der Waals surface area contributed by atoms with Gasteiger partial charge in [-0.1, -0.05) is 0 Å². The number of amides is 2. The summed E-state index contributed by atoms with van der Waals surface area (Å²) in [6, 6.07) is -0.337. The zero-order chi connectivity index (χ0) is 15.2. The molecule has 116 valence electrons. The van der Waals surface area contributed by atoms with Crippen LogP contribution in [0.25, 0.3) is 0 Å². The average Bonchev–Trinajstić information content (AvgIpc) is 2.35. The number of aliphatic carboxylic acids is 1. The van der Waals surface area contributed by atoms with Gasteiger partial charge in [-0.15, -0.1) is 0 Å². The van der Waals surface area contributed by atoms with Crippen molar-refractivity contribution in [3.63, 3.8) is 0 Å². The highest BCUT2D eigenvalue weighted by molar-refractivity contribution is 5.80. The van der Waals surface area contributed by atoms with Crippen molar-refractivity contribution in [1.29, 1.82) is 0 Å². The molecule has 0 aliphatic carbocycles. The fourth-order valence-corrected chi connectivity index (χ4v) is 2.22. The summed E-state index contributed by atoms with van der Waals surface area (Å²) in [5.41, 5.74) is -0.524. The fourth-order valence-electron chi connectivity index (χ4n) is 2.22. The molecule has 1 aliphatic rings. The Morgan fingerprint density at radius 1 is 1.35 bits per heavy atom. The van der Waals surface area contributed by atoms with Gasteiger partial charge in [0.05, 0.1) is 6.10 Å². The van der Waals surface area contributed by atoms with Crippen molar-refractivity contribution >= 4 is 12.0 Å². The van der Waals surface area contributed by atoms with E-state index in [1.165, 1.54) is 11.3 Å². The number of rotatable bonds is 5. The Kier molecular flexibility index (Phi) is 6.26. The quantitative estimate of drug-likeness (QED) is 0.808. The van der Waals surface area contributed by atoms with Crippen molar-refractivity contribution in [3.05, 3.63) is 0 Å². The first-order valence-corrected chi connectivity index (χ1v) is 7.19. The van der Waals surface area contributed by atoms with E-state index in [0.717, 1.165) is 25.9 Å². The predicted octanol–water partition coefficient (Wildman–Crippen LogP) is 1.84. The SMILES string of the molecule is CC(C)(C)N(CC(=O)O)C(=O)NCCC1CCCCO1. The van der Waals surface area contributed by atoms with E-state index < -0.39 is 11.5 Å². The van der Waals surface area contributed by atoms with Crippen molar-refractivity contribution in [2.75, 3.05) is 19.7 Å². The van der Waals surface area contributed by atoms with Crippen LogP contribution in [-0.4, -0.2) is 53.3 Å². The number of nitrogens with zero attached hydrogens (tertiary/aromatic N) is 1. The molecule has 0 aromatic carbocycles. The van der Waals surface area contributed by atoms with Gasteiger partial charge in [0.15, 0.2) is 0 Å². The highest BCUT2D eigenvalue weighted by atomic mass is 16.5. The maximum atomic E-state index is 12.1. The van der Waals surface area contributed by atoms with Crippen LogP contribution >= 0.6 is 0 Å². The van der Waals surface area contributed by atoms with Gasteiger partial charge >= 0.3 is 12.0 Å². The van der Waals surface area contributed by atoms with Crippen molar-refractivity contribution < 1.29 is 19.4 Å². The van der Waals surface area contributed by atoms with Crippen LogP contribution in [-0.2, 0) is 9.53 Å². The van der Waals surface area contributed by atoms with E-state index in [2.05, 4.69) is 5.32 Å². The van der Waals surface area contributed by atoms with Crippen LogP contribution in [0.5, 0.6) is 0 Å². The second-order valence-corrected chi connectivity index (χ2v) is 6.16. The zero-order valence-electron chi connectivity index (χ0n) is 12.6. The molecular weight excluding hydrogens is 260 g/mol. The van der Waals surface area contributed by atoms with Gasteiger partial charge in [0.1, 0.15) is 6.54 Å². The molecule has 2 amide bonds. The molecule has 1 fully saturated rings. The van der Waals surface area contributed by atoms with Crippen LogP contribution in [0.2, 0.25) is 0 Å². The van der Waals surface area contributed by atoms with E-state index in [1.807, 2.05) is 20.8 Å². The van der Waals surface area contributed by atoms with Crippen molar-refractivity contribution in [2.45, 2.75) is 58.1 Å². The summed E-state index contributed by atoms with van der Waals surface area (Å²) >= 11 is 0. The number of carboxylic acids is 1. The molecule has 1 atom stereocenters. The lowest BCUT2D eigenvalue weighted by molar-refractivity contribution is -0.138. The standard InChI is InChI=1S/C14H26N2O4/c1-14(2,3)16(10-12(17)18)13(19)15-8-7-11-6-4-5-9-20-11/h11H,4-10H2,1-3H3,(H,15,19)(H,17,18). The summed E-state index contributed by atoms with van der Waals surface area (Å²) in [5.74, 6) is -1.01. The molecule has 6 nitrogen and oxygen atoms in total. The lowest BCUT2D eigenvalue weighted by atomic mass is 10.1. The second kappa shape index (κ2) is 7.47. The molecule has 0 aromatic heterocycles. The van der Waals surface area contributed by atoms with E-state index in [9.17, 15) is 9.59 Å². The molecule has 2 N–H and O–H groups in total. The van der Waals surface area contributed by atoms with Gasteiger partial charge in [0, 0.05) is 18.7 Å². The second-order valence-electron chi connectivity index (χ2n) is 6.16. The van der Waals surface area contributed by atoms with Crippen molar-refractivity contribution in [1.82, 2.24) is 10.2 Å². The Bertz CT molecular complexity index is 333. The maximum Gasteiger partial charge on any atom is 0.323 e. The summed E-state index contributed by atoms with van der Waals surface area (Å²) < 4.78 is 5.59. The van der Waals surface area contributed by atoms with Gasteiger partial charge in [-0.3, -0.25) is 4.79 Å². The third kappa shape index (κ3) is 5.77. The molecule has 6 heteroatoms. The van der Waals surface area contributed by atoms with Gasteiger partial charge < -0.3 is 20.1 Å². The zero-order valence-corrected chi connectivity index (χ0v) is 12.6. The summed E-state index contributed by atoms with van der Waals surface area (Å²) in [4.78, 5) is 24.2. The maximum absolute atomic E-state index is 12.1. The smallest absolute Gasteiger partial charge is 0.323 e. The average molecular weight is 286 g/mol. The highest BCUT2D eigenvalue weighted by Crippen LogP contribution is 2.16. The van der Waals surface area contributed by atoms with E-state index in [0.29, 0.717) is 6.54 Å². The minimum atomic E-state index is -1.01. The summed E-state index contributed by atoms with van der Waals surface area (Å²) in [6.45, 7) is 6.47. The van der Waals surface area contributed by atoms with Crippen LogP contribution in [0, 0.1) is 0 Å². The van der Waals surface area contributed by atoms with Crippen molar-refractivity contribution in [2.24, 2.45) is 0 Å². The molecule has 1 aliphatic heterocycles. The highest BCUT2D eigenvalue weighted by Gasteiger charge is 2.28. The van der Waals surface area contributed by atoms with E-state index in [4.69, 9.17) is 9.84 Å². The Hall–Kier alpha value is -1.30. The molecule has 1 heterocycles. The molecule has 0 bridgehead atoms. The lowest BCUT2D eigenvalue weighted by Crippen LogP contribution is -2.52. The molecule has 1 unspecified atom stereocenters. The number of urea groups is 1. The number of carboxylic acid groups (broad SMARTS) is 1. The number of nitrogens with one attached hydrogen (secondary N) is 1. The molecule has 0 radical (unpaired) electrons. The van der Waals surface area contributed by atoms with Gasteiger partial charge in [-0.25, -0.2) is 4.79 Å². The summed E-state index contributed by atoms with van der Waals surface area (Å²) in [6.07, 6.45) is 4.31. The van der Waals surface area contributed by atoms with Gasteiger partial charge in [0.25, 0.3) is 0 Å². The third-order valence-corrected chi connectivity index (χ3v) is 3.36. The fraction of sp³-hybridized carbons (Fsp3) is 0.857. The van der Waals surface area contributed by atoms with Crippen molar-refractivity contribution in [3.8, 4) is 0 Å². The minimum absolute atomic E-state index is 0.214. The van der Waals surface area contributed by atoms with Gasteiger partial charge in [0.2, 0.25) is 0 Å². The Balaban J connectivity index is 2.39. The first-order chi connectivity index (χ1) is 9.30. The summed E-state index contributed by atoms with van der Waals surface area (Å²) in [7, 11) is 0. The van der Waals surface area contributed by atoms with Crippen LogP contribution in [0.4, 0.5) is 4.79 Å². The largest absolute Gasteiger partial charge is 0.480 e. The number of ether oxygens (including phenoxy) is 1. The first-order valence-electron chi connectivity index (χ1n) is 7.19. The lowest BCUT2D eigenvalue weighted by Gasteiger charge is -2.34. The molecule has 1 rings (SSSR count). The monoisotopic (exact) mass is 286 g/mol. The van der Waals surface area contributed by atoms with Crippen LogP contribution in [0.15, 0.2) is 0 Å². The predicted molar refractivity (Wildman–Crippen MR) is 75.7 cm³/mol. The van der Waals surface area contributed by atoms with Crippen LogP contribution in [0.1, 0.15) is 46.5 Å². The van der Waals surface area contributed by atoms with Gasteiger partial charge in [-0.05, 0) is 46.5 Å². The third-order valence-electron chi connectivity index (χ3n) is 3.36. The Morgan fingerprint density at radius 2 is 2.05 bits per heavy atom. The number of hydrogen-bond donors (Lipinski definition) is 2. The molecule has 0 saturated carbocycles. The van der Waals surface area contributed by atoms with Gasteiger partial charge in [-0.2, -0.15) is 0 Å². The minimum Gasteiger partial charge on any atom is -0.480 e. The first kappa shape index (κ1) is 16.8. The Labute approximate surface area is 120 Å². The van der Waals surface area contributed by atoms with E-state index >= 15 is 0 Å². The van der Waals surface area contributed by atoms with Crippen LogP contribution < -0.4 is 5.32 Å². The molecular formula is C14H26N2O4. The summed E-state index contributed by atoms with van der Waals surface area (Å²) in [5, 5.41) is 11.7. The van der Waals surface area contributed by atoms with E-state index in [-0.39, 0.29) is 18.7 Å². The van der Waals surface area contributed by atoms with Crippen LogP contribution in [0.3, 0.4) is 0 Å². The molecule has 20 heavy (non-hydrogen) atoms. The molecule has 0 aromatic rings. The molecule has 0 spiro atoms.